The van der Waals surface area contributed by atoms with E-state index in [1.165, 1.54) is 12.0 Å². The van der Waals surface area contributed by atoms with E-state index in [4.69, 9.17) is 4.74 Å². The Kier molecular flexibility index (Phi) is 2.99. The zero-order valence-corrected chi connectivity index (χ0v) is 9.73. The van der Waals surface area contributed by atoms with Crippen molar-refractivity contribution in [2.24, 2.45) is 0 Å². The van der Waals surface area contributed by atoms with E-state index in [-0.39, 0.29) is 24.9 Å². The summed E-state index contributed by atoms with van der Waals surface area (Å²) in [6.07, 6.45) is 0.186. The number of amides is 1. The number of esters is 1. The molecule has 0 saturated heterocycles. The van der Waals surface area contributed by atoms with Crippen LogP contribution in [0.25, 0.3) is 0 Å². The van der Waals surface area contributed by atoms with Crippen molar-refractivity contribution in [3.63, 3.8) is 0 Å². The van der Waals surface area contributed by atoms with E-state index in [0.717, 1.165) is 5.56 Å². The Morgan fingerprint density at radius 1 is 1.53 bits per heavy atom. The minimum Gasteiger partial charge on any atom is -0.482 e. The molecule has 2 rings (SSSR count). The summed E-state index contributed by atoms with van der Waals surface area (Å²) in [5, 5.41) is 0. The Bertz CT molecular complexity index is 470. The highest BCUT2D eigenvalue weighted by Crippen LogP contribution is 2.32. The molecule has 1 amide bonds. The van der Waals surface area contributed by atoms with Gasteiger partial charge < -0.3 is 14.4 Å². The Morgan fingerprint density at radius 2 is 2.29 bits per heavy atom. The van der Waals surface area contributed by atoms with Gasteiger partial charge in [-0.25, -0.2) is 0 Å². The Hall–Kier alpha value is -2.04. The van der Waals surface area contributed by atoms with Gasteiger partial charge in [-0.15, -0.1) is 0 Å². The zero-order chi connectivity index (χ0) is 12.4. The summed E-state index contributed by atoms with van der Waals surface area (Å²) in [7, 11) is 3.03. The third-order valence-corrected chi connectivity index (χ3v) is 2.69. The normalized spacial score (nSPS) is 14.0. The largest absolute Gasteiger partial charge is 0.482 e. The van der Waals surface area contributed by atoms with Crippen molar-refractivity contribution in [1.82, 2.24) is 0 Å². The van der Waals surface area contributed by atoms with Crippen LogP contribution in [0.5, 0.6) is 5.75 Å². The predicted octanol–water partition coefficient (Wildman–Crippen LogP) is 0.757. The number of ether oxygens (including phenoxy) is 2. The molecule has 0 unspecified atom stereocenters. The van der Waals surface area contributed by atoms with Crippen molar-refractivity contribution in [2.75, 3.05) is 25.7 Å². The number of carbonyl (C=O) groups is 2. The number of methoxy groups -OCH3 is 1. The molecule has 1 aliphatic rings. The molecule has 0 bridgehead atoms. The minimum atomic E-state index is -0.310. The molecule has 0 N–H and O–H groups in total. The molecule has 1 aromatic rings. The van der Waals surface area contributed by atoms with Crippen LogP contribution in [0.2, 0.25) is 0 Å². The second-order valence-electron chi connectivity index (χ2n) is 3.80. The van der Waals surface area contributed by atoms with E-state index in [1.54, 1.807) is 25.2 Å². The molecule has 0 radical (unpaired) electrons. The van der Waals surface area contributed by atoms with Gasteiger partial charge in [0.1, 0.15) is 5.75 Å². The number of likely N-dealkylation sites (N-methyl/N-ethyl adjacent to an activating group) is 1. The van der Waals surface area contributed by atoms with E-state index in [2.05, 4.69) is 4.74 Å². The van der Waals surface area contributed by atoms with E-state index < -0.39 is 0 Å². The quantitative estimate of drug-likeness (QED) is 0.710. The number of fused-ring (bicyclic) bond motifs is 1. The van der Waals surface area contributed by atoms with Crippen molar-refractivity contribution < 1.29 is 19.1 Å². The third kappa shape index (κ3) is 2.22. The maximum atomic E-state index is 11.5. The first kappa shape index (κ1) is 11.4. The molecule has 0 aliphatic carbocycles. The topological polar surface area (TPSA) is 55.8 Å². The van der Waals surface area contributed by atoms with Crippen molar-refractivity contribution in [2.45, 2.75) is 6.42 Å². The molecule has 0 aromatic heterocycles. The van der Waals surface area contributed by atoms with Gasteiger partial charge >= 0.3 is 5.97 Å². The molecule has 17 heavy (non-hydrogen) atoms. The molecular weight excluding hydrogens is 222 g/mol. The van der Waals surface area contributed by atoms with Crippen LogP contribution in [0, 0.1) is 0 Å². The molecule has 5 heteroatoms. The Balaban J connectivity index is 2.29. The number of nitrogens with zero attached hydrogens (tertiary/aromatic N) is 1. The van der Waals surface area contributed by atoms with Crippen molar-refractivity contribution >= 4 is 17.6 Å². The molecule has 0 atom stereocenters. The van der Waals surface area contributed by atoms with Crippen molar-refractivity contribution in [3.05, 3.63) is 23.8 Å². The fourth-order valence-corrected chi connectivity index (χ4v) is 1.67. The average molecular weight is 235 g/mol. The average Bonchev–Trinajstić information content (AvgIpc) is 2.34. The fourth-order valence-electron chi connectivity index (χ4n) is 1.67. The summed E-state index contributed by atoms with van der Waals surface area (Å²) in [5.74, 6) is 0.240. The van der Waals surface area contributed by atoms with Gasteiger partial charge in [-0.2, -0.15) is 0 Å². The van der Waals surface area contributed by atoms with Crippen LogP contribution in [0.1, 0.15) is 5.56 Å². The number of hydrogen-bond donors (Lipinski definition) is 0. The molecule has 0 spiro atoms. The predicted molar refractivity (Wildman–Crippen MR) is 61.1 cm³/mol. The number of benzene rings is 1. The van der Waals surface area contributed by atoms with Gasteiger partial charge in [-0.3, -0.25) is 9.59 Å². The second kappa shape index (κ2) is 4.45. The van der Waals surface area contributed by atoms with Crippen LogP contribution in [-0.2, 0) is 20.7 Å². The zero-order valence-electron chi connectivity index (χ0n) is 9.73. The highest BCUT2D eigenvalue weighted by atomic mass is 16.5. The Labute approximate surface area is 98.9 Å². The Morgan fingerprint density at radius 3 is 3.00 bits per heavy atom. The van der Waals surface area contributed by atoms with Crippen molar-refractivity contribution in [1.29, 1.82) is 0 Å². The first-order valence-electron chi connectivity index (χ1n) is 5.21. The van der Waals surface area contributed by atoms with Gasteiger partial charge in [-0.1, -0.05) is 6.07 Å². The van der Waals surface area contributed by atoms with E-state index in [1.807, 2.05) is 0 Å². The summed E-state index contributed by atoms with van der Waals surface area (Å²) in [4.78, 5) is 24.1. The lowest BCUT2D eigenvalue weighted by atomic mass is 10.1. The number of rotatable bonds is 2. The van der Waals surface area contributed by atoms with Gasteiger partial charge in [0, 0.05) is 7.05 Å². The van der Waals surface area contributed by atoms with Crippen LogP contribution >= 0.6 is 0 Å². The standard InChI is InChI=1S/C12H13NO4/c1-13-9-5-8(6-12(15)16-2)3-4-10(9)17-7-11(13)14/h3-5H,6-7H2,1-2H3. The number of anilines is 1. The molecule has 90 valence electrons. The molecule has 1 aromatic carbocycles. The van der Waals surface area contributed by atoms with Gasteiger partial charge in [0.2, 0.25) is 0 Å². The van der Waals surface area contributed by atoms with E-state index in [9.17, 15) is 9.59 Å². The summed E-state index contributed by atoms with van der Waals surface area (Å²) < 4.78 is 9.88. The monoisotopic (exact) mass is 235 g/mol. The van der Waals surface area contributed by atoms with Gasteiger partial charge in [0.25, 0.3) is 5.91 Å². The lowest BCUT2D eigenvalue weighted by Crippen LogP contribution is -2.35. The van der Waals surface area contributed by atoms with Gasteiger partial charge in [-0.05, 0) is 17.7 Å². The molecule has 1 heterocycles. The summed E-state index contributed by atoms with van der Waals surface area (Å²) in [6.45, 7) is 0.0554. The molecule has 5 nitrogen and oxygen atoms in total. The maximum Gasteiger partial charge on any atom is 0.309 e. The number of carbonyl (C=O) groups excluding carboxylic acids is 2. The first-order chi connectivity index (χ1) is 8.11. The molecule has 1 aliphatic heterocycles. The molecule has 0 saturated carbocycles. The summed E-state index contributed by atoms with van der Waals surface area (Å²) >= 11 is 0. The van der Waals surface area contributed by atoms with Crippen LogP contribution in [0.4, 0.5) is 5.69 Å². The highest BCUT2D eigenvalue weighted by Gasteiger charge is 2.22. The van der Waals surface area contributed by atoms with Gasteiger partial charge in [0.05, 0.1) is 19.2 Å². The smallest absolute Gasteiger partial charge is 0.309 e. The summed E-state index contributed by atoms with van der Waals surface area (Å²) in [6, 6.07) is 5.32. The number of hydrogen-bond acceptors (Lipinski definition) is 4. The highest BCUT2D eigenvalue weighted by molar-refractivity contribution is 5.97. The molecule has 0 fully saturated rings. The third-order valence-electron chi connectivity index (χ3n) is 2.69. The SMILES string of the molecule is COC(=O)Cc1ccc2c(c1)N(C)C(=O)CO2. The summed E-state index contributed by atoms with van der Waals surface area (Å²) in [5.41, 5.74) is 1.48. The maximum absolute atomic E-state index is 11.5. The first-order valence-corrected chi connectivity index (χ1v) is 5.21. The molecular formula is C12H13NO4. The van der Waals surface area contributed by atoms with Crippen LogP contribution in [0.15, 0.2) is 18.2 Å². The van der Waals surface area contributed by atoms with E-state index in [0.29, 0.717) is 11.4 Å². The minimum absolute atomic E-state index is 0.0554. The van der Waals surface area contributed by atoms with Crippen LogP contribution in [0.3, 0.4) is 0 Å². The van der Waals surface area contributed by atoms with E-state index >= 15 is 0 Å². The second-order valence-corrected chi connectivity index (χ2v) is 3.80. The lowest BCUT2D eigenvalue weighted by molar-refractivity contribution is -0.139. The van der Waals surface area contributed by atoms with Crippen molar-refractivity contribution in [3.8, 4) is 5.75 Å². The van der Waals surface area contributed by atoms with Crippen LogP contribution < -0.4 is 9.64 Å². The van der Waals surface area contributed by atoms with Gasteiger partial charge in [0.15, 0.2) is 6.61 Å². The van der Waals surface area contributed by atoms with Crippen LogP contribution in [-0.4, -0.2) is 32.6 Å². The lowest BCUT2D eigenvalue weighted by Gasteiger charge is -2.26. The fraction of sp³-hybridized carbons (Fsp3) is 0.333.